The van der Waals surface area contributed by atoms with Crippen molar-refractivity contribution in [1.29, 1.82) is 0 Å². The zero-order chi connectivity index (χ0) is 10.9. The van der Waals surface area contributed by atoms with Crippen LogP contribution in [0.4, 0.5) is 13.2 Å². The summed E-state index contributed by atoms with van der Waals surface area (Å²) in [7, 11) is 0. The lowest BCUT2D eigenvalue weighted by Gasteiger charge is -2.11. The number of alkyl halides is 3. The van der Waals surface area contributed by atoms with Gasteiger partial charge in [0.1, 0.15) is 0 Å². The Hall–Kier alpha value is -0.740. The van der Waals surface area contributed by atoms with Crippen LogP contribution in [0.1, 0.15) is 24.2 Å². The normalized spacial score (nSPS) is 14.1. The van der Waals surface area contributed by atoms with Gasteiger partial charge in [-0.1, -0.05) is 11.6 Å². The van der Waals surface area contributed by atoms with E-state index < -0.39 is 17.8 Å². The summed E-state index contributed by atoms with van der Waals surface area (Å²) in [6.45, 7) is 1.38. The number of hydrogen-bond acceptors (Lipinski definition) is 1. The van der Waals surface area contributed by atoms with Crippen molar-refractivity contribution >= 4 is 11.6 Å². The van der Waals surface area contributed by atoms with Crippen LogP contribution in [-0.4, -0.2) is 5.11 Å². The SMILES string of the molecule is C[C@@H](O)c1cc(Cl)cc(C(F)(F)F)c1. The number of rotatable bonds is 1. The molecule has 1 N–H and O–H groups in total. The van der Waals surface area contributed by atoms with Crippen LogP contribution in [-0.2, 0) is 6.18 Å². The molecule has 0 aromatic heterocycles. The van der Waals surface area contributed by atoms with Crippen LogP contribution in [0.2, 0.25) is 5.02 Å². The molecule has 0 aliphatic carbocycles. The number of aliphatic hydroxyl groups is 1. The summed E-state index contributed by atoms with van der Waals surface area (Å²) in [4.78, 5) is 0. The summed E-state index contributed by atoms with van der Waals surface area (Å²) >= 11 is 5.49. The van der Waals surface area contributed by atoms with Gasteiger partial charge in [-0.2, -0.15) is 13.2 Å². The summed E-state index contributed by atoms with van der Waals surface area (Å²) in [6, 6.07) is 3.02. The zero-order valence-electron chi connectivity index (χ0n) is 7.27. The standard InChI is InChI=1S/C9H8ClF3O/c1-5(14)6-2-7(9(11,12)13)4-8(10)3-6/h2-5,14H,1H3/t5-/m1/s1. The second kappa shape index (κ2) is 3.79. The Morgan fingerprint density at radius 2 is 1.86 bits per heavy atom. The molecule has 1 aromatic rings. The Morgan fingerprint density at radius 1 is 1.29 bits per heavy atom. The zero-order valence-corrected chi connectivity index (χ0v) is 8.02. The second-order valence-electron chi connectivity index (χ2n) is 2.95. The first kappa shape index (κ1) is 11.3. The van der Waals surface area contributed by atoms with Gasteiger partial charge in [0.15, 0.2) is 0 Å². The van der Waals surface area contributed by atoms with Crippen LogP contribution in [0.25, 0.3) is 0 Å². The van der Waals surface area contributed by atoms with Crippen LogP contribution in [0.15, 0.2) is 18.2 Å². The maximum Gasteiger partial charge on any atom is 0.416 e. The van der Waals surface area contributed by atoms with Gasteiger partial charge in [0, 0.05) is 5.02 Å². The van der Waals surface area contributed by atoms with E-state index in [-0.39, 0.29) is 10.6 Å². The van der Waals surface area contributed by atoms with Crippen molar-refractivity contribution in [2.45, 2.75) is 19.2 Å². The quantitative estimate of drug-likeness (QED) is 0.775. The van der Waals surface area contributed by atoms with E-state index in [0.29, 0.717) is 0 Å². The summed E-state index contributed by atoms with van der Waals surface area (Å²) in [5, 5.41) is 9.08. The molecule has 1 nitrogen and oxygen atoms in total. The summed E-state index contributed by atoms with van der Waals surface area (Å²) < 4.78 is 36.8. The fraction of sp³-hybridized carbons (Fsp3) is 0.333. The van der Waals surface area contributed by atoms with Crippen molar-refractivity contribution in [3.05, 3.63) is 34.3 Å². The highest BCUT2D eigenvalue weighted by molar-refractivity contribution is 6.30. The predicted octanol–water partition coefficient (Wildman–Crippen LogP) is 3.41. The lowest BCUT2D eigenvalue weighted by atomic mass is 10.1. The van der Waals surface area contributed by atoms with Gasteiger partial charge in [-0.3, -0.25) is 0 Å². The number of halogens is 4. The summed E-state index contributed by atoms with van der Waals surface area (Å²) in [5.41, 5.74) is -0.689. The second-order valence-corrected chi connectivity index (χ2v) is 3.38. The van der Waals surface area contributed by atoms with Crippen molar-refractivity contribution in [3.8, 4) is 0 Å². The smallest absolute Gasteiger partial charge is 0.389 e. The summed E-state index contributed by atoms with van der Waals surface area (Å²) in [6.07, 6.45) is -5.40. The summed E-state index contributed by atoms with van der Waals surface area (Å²) in [5.74, 6) is 0. The third-order valence-corrected chi connectivity index (χ3v) is 1.95. The lowest BCUT2D eigenvalue weighted by molar-refractivity contribution is -0.137. The maximum atomic E-state index is 12.3. The van der Waals surface area contributed by atoms with Gasteiger partial charge >= 0.3 is 6.18 Å². The van der Waals surface area contributed by atoms with Crippen LogP contribution in [0.3, 0.4) is 0 Å². The van der Waals surface area contributed by atoms with Gasteiger partial charge in [-0.15, -0.1) is 0 Å². The van der Waals surface area contributed by atoms with E-state index in [2.05, 4.69) is 0 Å². The van der Waals surface area contributed by atoms with E-state index in [9.17, 15) is 13.2 Å². The topological polar surface area (TPSA) is 20.2 Å². The van der Waals surface area contributed by atoms with Crippen molar-refractivity contribution in [3.63, 3.8) is 0 Å². The number of benzene rings is 1. The Morgan fingerprint density at radius 3 is 2.29 bits per heavy atom. The molecule has 0 unspecified atom stereocenters. The molecule has 0 saturated heterocycles. The van der Waals surface area contributed by atoms with Gasteiger partial charge < -0.3 is 5.11 Å². The highest BCUT2D eigenvalue weighted by Crippen LogP contribution is 2.33. The maximum absolute atomic E-state index is 12.3. The average Bonchev–Trinajstić information content (AvgIpc) is 2.01. The molecule has 0 heterocycles. The number of aliphatic hydroxyl groups excluding tert-OH is 1. The molecule has 0 fully saturated rings. The van der Waals surface area contributed by atoms with Gasteiger partial charge in [0.25, 0.3) is 0 Å². The van der Waals surface area contributed by atoms with Gasteiger partial charge in [-0.25, -0.2) is 0 Å². The minimum absolute atomic E-state index is 0.0317. The molecule has 0 aliphatic rings. The van der Waals surface area contributed by atoms with Crippen LogP contribution in [0, 0.1) is 0 Å². The predicted molar refractivity (Wildman–Crippen MR) is 47.1 cm³/mol. The van der Waals surface area contributed by atoms with Crippen molar-refractivity contribution in [2.24, 2.45) is 0 Å². The molecule has 1 rings (SSSR count). The largest absolute Gasteiger partial charge is 0.416 e. The monoisotopic (exact) mass is 224 g/mol. The molecule has 1 aromatic carbocycles. The lowest BCUT2D eigenvalue weighted by Crippen LogP contribution is -2.06. The molecule has 5 heteroatoms. The van der Waals surface area contributed by atoms with Crippen LogP contribution in [0.5, 0.6) is 0 Å². The highest BCUT2D eigenvalue weighted by Gasteiger charge is 2.31. The molecular formula is C9H8ClF3O. The number of hydrogen-bond donors (Lipinski definition) is 1. The third-order valence-electron chi connectivity index (χ3n) is 1.73. The van der Waals surface area contributed by atoms with E-state index in [0.717, 1.165) is 12.1 Å². The minimum atomic E-state index is -4.44. The molecular weight excluding hydrogens is 217 g/mol. The molecule has 0 saturated carbocycles. The molecule has 78 valence electrons. The minimum Gasteiger partial charge on any atom is -0.389 e. The molecule has 1 atom stereocenters. The van der Waals surface area contributed by atoms with Crippen LogP contribution < -0.4 is 0 Å². The highest BCUT2D eigenvalue weighted by atomic mass is 35.5. The molecule has 0 amide bonds. The molecule has 14 heavy (non-hydrogen) atoms. The Balaban J connectivity index is 3.21. The fourth-order valence-electron chi connectivity index (χ4n) is 1.02. The third kappa shape index (κ3) is 2.62. The average molecular weight is 225 g/mol. The van der Waals surface area contributed by atoms with Crippen molar-refractivity contribution in [2.75, 3.05) is 0 Å². The Kier molecular flexibility index (Phi) is 3.07. The first-order chi connectivity index (χ1) is 6.30. The van der Waals surface area contributed by atoms with Gasteiger partial charge in [-0.05, 0) is 30.7 Å². The van der Waals surface area contributed by atoms with E-state index in [1.54, 1.807) is 0 Å². The van der Waals surface area contributed by atoms with E-state index in [4.69, 9.17) is 16.7 Å². The van der Waals surface area contributed by atoms with E-state index in [1.807, 2.05) is 0 Å². The first-order valence-electron chi connectivity index (χ1n) is 3.86. The molecule has 0 aliphatic heterocycles. The van der Waals surface area contributed by atoms with Gasteiger partial charge in [0.2, 0.25) is 0 Å². The van der Waals surface area contributed by atoms with E-state index >= 15 is 0 Å². The van der Waals surface area contributed by atoms with Crippen LogP contribution >= 0.6 is 11.6 Å². The first-order valence-corrected chi connectivity index (χ1v) is 4.24. The fourth-order valence-corrected chi connectivity index (χ4v) is 1.26. The molecule has 0 radical (unpaired) electrons. The molecule has 0 bridgehead atoms. The Bertz CT molecular complexity index is 333. The Labute approximate surface area is 84.1 Å². The van der Waals surface area contributed by atoms with Gasteiger partial charge in [0.05, 0.1) is 11.7 Å². The van der Waals surface area contributed by atoms with Crippen molar-refractivity contribution < 1.29 is 18.3 Å². The molecule has 0 spiro atoms. The van der Waals surface area contributed by atoms with E-state index in [1.165, 1.54) is 13.0 Å². The van der Waals surface area contributed by atoms with Crippen molar-refractivity contribution in [1.82, 2.24) is 0 Å².